The Morgan fingerprint density at radius 1 is 1.35 bits per heavy atom. The maximum atomic E-state index is 11.6. The highest BCUT2D eigenvalue weighted by molar-refractivity contribution is 5.84. The van der Waals surface area contributed by atoms with E-state index in [0.29, 0.717) is 6.61 Å². The molecular weight excluding hydrogens is 222 g/mol. The van der Waals surface area contributed by atoms with Crippen LogP contribution in [0.25, 0.3) is 0 Å². The van der Waals surface area contributed by atoms with E-state index in [1.807, 2.05) is 6.92 Å². The van der Waals surface area contributed by atoms with Gasteiger partial charge in [0.25, 0.3) is 5.91 Å². The predicted octanol–water partition coefficient (Wildman–Crippen LogP) is 0.909. The molecule has 5 heteroatoms. The lowest BCUT2D eigenvalue weighted by molar-refractivity contribution is -0.157. The second-order valence-corrected chi connectivity index (χ2v) is 4.30. The fraction of sp³-hybridized carbons (Fsp3) is 0.917. The first-order valence-corrected chi connectivity index (χ1v) is 6.06. The molecule has 0 rings (SSSR count). The van der Waals surface area contributed by atoms with Crippen molar-refractivity contribution in [2.24, 2.45) is 5.92 Å². The molecule has 0 aliphatic carbocycles. The summed E-state index contributed by atoms with van der Waals surface area (Å²) in [5, 5.41) is 12.7. The fourth-order valence-electron chi connectivity index (χ4n) is 1.54. The standard InChI is InChI=1S/C12H25NO4/c1-6-16-10(4)17-8-7-12(15,9(2)3)11(14)13-5/h9-10,15H,6-8H2,1-5H3,(H,13,14)/t10?,12-/m1/s1. The fourth-order valence-corrected chi connectivity index (χ4v) is 1.54. The number of rotatable bonds is 8. The van der Waals surface area contributed by atoms with Gasteiger partial charge in [-0.15, -0.1) is 0 Å². The Balaban J connectivity index is 4.24. The van der Waals surface area contributed by atoms with E-state index < -0.39 is 5.60 Å². The van der Waals surface area contributed by atoms with E-state index in [9.17, 15) is 9.90 Å². The van der Waals surface area contributed by atoms with Crippen molar-refractivity contribution in [2.75, 3.05) is 20.3 Å². The highest BCUT2D eigenvalue weighted by Gasteiger charge is 2.38. The Morgan fingerprint density at radius 3 is 2.35 bits per heavy atom. The van der Waals surface area contributed by atoms with Crippen LogP contribution in [0.15, 0.2) is 0 Å². The van der Waals surface area contributed by atoms with Gasteiger partial charge in [0, 0.05) is 20.1 Å². The first-order valence-electron chi connectivity index (χ1n) is 6.06. The van der Waals surface area contributed by atoms with Gasteiger partial charge < -0.3 is 19.9 Å². The maximum Gasteiger partial charge on any atom is 0.252 e. The van der Waals surface area contributed by atoms with Gasteiger partial charge in [-0.1, -0.05) is 13.8 Å². The van der Waals surface area contributed by atoms with Crippen molar-refractivity contribution in [3.8, 4) is 0 Å². The van der Waals surface area contributed by atoms with Crippen LogP contribution in [0.2, 0.25) is 0 Å². The number of carbonyl (C=O) groups excluding carboxylic acids is 1. The third-order valence-electron chi connectivity index (χ3n) is 2.81. The molecular formula is C12H25NO4. The van der Waals surface area contributed by atoms with Gasteiger partial charge in [0.1, 0.15) is 5.60 Å². The minimum atomic E-state index is -1.39. The summed E-state index contributed by atoms with van der Waals surface area (Å²) < 4.78 is 10.6. The molecule has 1 unspecified atom stereocenters. The van der Waals surface area contributed by atoms with E-state index in [1.54, 1.807) is 20.8 Å². The van der Waals surface area contributed by atoms with Gasteiger partial charge in [-0.2, -0.15) is 0 Å². The normalized spacial score (nSPS) is 16.6. The van der Waals surface area contributed by atoms with Crippen LogP contribution in [0.1, 0.15) is 34.1 Å². The SMILES string of the molecule is CCOC(C)OCC[C@](O)(C(=O)NC)C(C)C. The molecule has 0 aliphatic rings. The van der Waals surface area contributed by atoms with Crippen molar-refractivity contribution in [2.45, 2.75) is 46.0 Å². The first kappa shape index (κ1) is 16.4. The molecule has 17 heavy (non-hydrogen) atoms. The largest absolute Gasteiger partial charge is 0.380 e. The number of hydrogen-bond acceptors (Lipinski definition) is 4. The smallest absolute Gasteiger partial charge is 0.252 e. The molecule has 2 N–H and O–H groups in total. The number of likely N-dealkylation sites (N-methyl/N-ethyl adjacent to an activating group) is 1. The molecule has 0 bridgehead atoms. The summed E-state index contributed by atoms with van der Waals surface area (Å²) in [6, 6.07) is 0. The van der Waals surface area contributed by atoms with Gasteiger partial charge in [-0.3, -0.25) is 4.79 Å². The Kier molecular flexibility index (Phi) is 7.34. The zero-order valence-electron chi connectivity index (χ0n) is 11.4. The van der Waals surface area contributed by atoms with Crippen LogP contribution in [0.4, 0.5) is 0 Å². The van der Waals surface area contributed by atoms with E-state index >= 15 is 0 Å². The quantitative estimate of drug-likeness (QED) is 0.626. The lowest BCUT2D eigenvalue weighted by atomic mass is 9.86. The molecule has 0 radical (unpaired) electrons. The van der Waals surface area contributed by atoms with Crippen molar-refractivity contribution >= 4 is 5.91 Å². The molecule has 0 aromatic rings. The van der Waals surface area contributed by atoms with Gasteiger partial charge in [0.05, 0.1) is 6.61 Å². The molecule has 1 amide bonds. The second-order valence-electron chi connectivity index (χ2n) is 4.30. The van der Waals surface area contributed by atoms with Gasteiger partial charge in [0.2, 0.25) is 0 Å². The zero-order valence-corrected chi connectivity index (χ0v) is 11.4. The molecule has 0 heterocycles. The Morgan fingerprint density at radius 2 is 1.94 bits per heavy atom. The zero-order chi connectivity index (χ0) is 13.5. The summed E-state index contributed by atoms with van der Waals surface area (Å²) in [6.07, 6.45) is -0.0667. The van der Waals surface area contributed by atoms with Crippen LogP contribution in [0.3, 0.4) is 0 Å². The monoisotopic (exact) mass is 247 g/mol. The maximum absolute atomic E-state index is 11.6. The first-order chi connectivity index (χ1) is 7.88. The van der Waals surface area contributed by atoms with E-state index in [-0.39, 0.29) is 31.1 Å². The van der Waals surface area contributed by atoms with E-state index in [4.69, 9.17) is 9.47 Å². The van der Waals surface area contributed by atoms with Crippen LogP contribution < -0.4 is 5.32 Å². The Labute approximate surface area is 103 Å². The van der Waals surface area contributed by atoms with E-state index in [2.05, 4.69) is 5.32 Å². The number of aliphatic hydroxyl groups is 1. The van der Waals surface area contributed by atoms with Crippen molar-refractivity contribution in [1.29, 1.82) is 0 Å². The molecule has 0 saturated heterocycles. The topological polar surface area (TPSA) is 67.8 Å². The average Bonchev–Trinajstić information content (AvgIpc) is 2.27. The third-order valence-corrected chi connectivity index (χ3v) is 2.81. The molecule has 5 nitrogen and oxygen atoms in total. The average molecular weight is 247 g/mol. The minimum absolute atomic E-state index is 0.173. The summed E-state index contributed by atoms with van der Waals surface area (Å²) in [4.78, 5) is 11.6. The van der Waals surface area contributed by atoms with Gasteiger partial charge in [-0.25, -0.2) is 0 Å². The molecule has 0 aromatic carbocycles. The van der Waals surface area contributed by atoms with Crippen LogP contribution >= 0.6 is 0 Å². The molecule has 2 atom stereocenters. The number of ether oxygens (including phenoxy) is 2. The van der Waals surface area contributed by atoms with Crippen molar-refractivity contribution in [1.82, 2.24) is 5.32 Å². The van der Waals surface area contributed by atoms with E-state index in [0.717, 1.165) is 0 Å². The molecule has 0 aliphatic heterocycles. The highest BCUT2D eigenvalue weighted by atomic mass is 16.7. The van der Waals surface area contributed by atoms with Crippen LogP contribution in [-0.2, 0) is 14.3 Å². The van der Waals surface area contributed by atoms with Crippen molar-refractivity contribution in [3.05, 3.63) is 0 Å². The Bertz CT molecular complexity index is 233. The molecule has 0 aromatic heterocycles. The lowest BCUT2D eigenvalue weighted by Gasteiger charge is -2.30. The number of hydrogen-bond donors (Lipinski definition) is 2. The van der Waals surface area contributed by atoms with Gasteiger partial charge in [0.15, 0.2) is 6.29 Å². The summed E-state index contributed by atoms with van der Waals surface area (Å²) in [7, 11) is 1.51. The van der Waals surface area contributed by atoms with E-state index in [1.165, 1.54) is 7.05 Å². The van der Waals surface area contributed by atoms with Crippen LogP contribution in [0, 0.1) is 5.92 Å². The predicted molar refractivity (Wildman–Crippen MR) is 65.5 cm³/mol. The van der Waals surface area contributed by atoms with Crippen LogP contribution in [0.5, 0.6) is 0 Å². The number of nitrogens with one attached hydrogen (secondary N) is 1. The van der Waals surface area contributed by atoms with Gasteiger partial charge in [-0.05, 0) is 19.8 Å². The lowest BCUT2D eigenvalue weighted by Crippen LogP contribution is -2.50. The minimum Gasteiger partial charge on any atom is -0.380 e. The third kappa shape index (κ3) is 5.02. The van der Waals surface area contributed by atoms with Crippen molar-refractivity contribution in [3.63, 3.8) is 0 Å². The van der Waals surface area contributed by atoms with Crippen LogP contribution in [-0.4, -0.2) is 43.2 Å². The summed E-state index contributed by atoms with van der Waals surface area (Å²) in [6.45, 7) is 8.14. The molecule has 0 fully saturated rings. The highest BCUT2D eigenvalue weighted by Crippen LogP contribution is 2.21. The van der Waals surface area contributed by atoms with Gasteiger partial charge >= 0.3 is 0 Å². The Hall–Kier alpha value is -0.650. The number of carbonyl (C=O) groups is 1. The number of amides is 1. The molecule has 0 spiro atoms. The molecule has 0 saturated carbocycles. The van der Waals surface area contributed by atoms with Crippen molar-refractivity contribution < 1.29 is 19.4 Å². The molecule has 102 valence electrons. The second kappa shape index (κ2) is 7.63. The summed E-state index contributed by atoms with van der Waals surface area (Å²) >= 11 is 0. The summed E-state index contributed by atoms with van der Waals surface area (Å²) in [5.41, 5.74) is -1.39. The summed E-state index contributed by atoms with van der Waals surface area (Å²) in [5.74, 6) is -0.548.